The molecular weight excluding hydrogens is 807 g/mol. The van der Waals surface area contributed by atoms with Crippen LogP contribution in [0.1, 0.15) is 125 Å². The molecule has 0 amide bonds. The average molecular weight is 864 g/mol. The van der Waals surface area contributed by atoms with Crippen LogP contribution in [0.15, 0.2) is 72.9 Å². The van der Waals surface area contributed by atoms with E-state index in [9.17, 15) is 30.0 Å². The van der Waals surface area contributed by atoms with Crippen molar-refractivity contribution in [2.75, 3.05) is 19.0 Å². The monoisotopic (exact) mass is 863 g/mol. The number of ether oxygens (including phenoxy) is 1. The molecule has 322 valence electrons. The van der Waals surface area contributed by atoms with Crippen LogP contribution < -0.4 is 16.2 Å². The Hall–Kier alpha value is -4.48. The predicted octanol–water partition coefficient (Wildman–Crippen LogP) is 7.93. The number of ketones is 2. The second-order valence-corrected chi connectivity index (χ2v) is 19.4. The molecule has 1 aliphatic heterocycles. The summed E-state index contributed by atoms with van der Waals surface area (Å²) in [6.45, 7) is -0.00397. The molecule has 4 aromatic rings. The number of aromatic nitrogens is 1. The Bertz CT molecular complexity index is 2290. The van der Waals surface area contributed by atoms with Gasteiger partial charge in [-0.25, -0.2) is 0 Å². The summed E-state index contributed by atoms with van der Waals surface area (Å²) < 4.78 is 6.12. The van der Waals surface area contributed by atoms with Gasteiger partial charge in [0.05, 0.1) is 31.9 Å². The molecule has 10 nitrogen and oxygen atoms in total. The summed E-state index contributed by atoms with van der Waals surface area (Å²) >= 11 is 0. The molecule has 8 bridgehead atoms. The van der Waals surface area contributed by atoms with Crippen molar-refractivity contribution in [1.82, 2.24) is 4.98 Å². The molecule has 1 fully saturated rings. The third kappa shape index (κ3) is 11.3. The number of nitrogens with one attached hydrogen (secondary N) is 1. The second-order valence-electron chi connectivity index (χ2n) is 16.9. The number of hydrogen-bond donors (Lipinski definition) is 7. The molecule has 3 aliphatic rings. The van der Waals surface area contributed by atoms with Crippen LogP contribution in [-0.2, 0) is 29.8 Å². The molecule has 1 saturated carbocycles. The third-order valence-electron chi connectivity index (χ3n) is 12.5. The van der Waals surface area contributed by atoms with Crippen molar-refractivity contribution < 1.29 is 34.8 Å². The molecule has 7 rings (SSSR count). The minimum absolute atomic E-state index is 0.00789. The van der Waals surface area contributed by atoms with E-state index in [0.717, 1.165) is 77.8 Å². The van der Waals surface area contributed by atoms with Crippen molar-refractivity contribution in [3.63, 3.8) is 0 Å². The molecule has 9 N–H and O–H groups in total. The van der Waals surface area contributed by atoms with Gasteiger partial charge in [-0.2, -0.15) is 0 Å². The van der Waals surface area contributed by atoms with E-state index in [1.54, 1.807) is 47.3 Å². The number of rotatable bonds is 7. The summed E-state index contributed by atoms with van der Waals surface area (Å²) in [5.74, 6) is 8.51. The number of nitrogens with two attached hydrogens (primary N) is 2. The maximum absolute atomic E-state index is 14.1. The highest BCUT2D eigenvalue weighted by atomic mass is 33.1. The second kappa shape index (κ2) is 20.6. The van der Waals surface area contributed by atoms with E-state index >= 15 is 0 Å². The van der Waals surface area contributed by atoms with E-state index in [1.807, 2.05) is 35.1 Å². The van der Waals surface area contributed by atoms with Crippen LogP contribution in [0.5, 0.6) is 17.2 Å². The van der Waals surface area contributed by atoms with Crippen molar-refractivity contribution >= 4 is 33.2 Å². The fraction of sp³-hybridized carbons (Fsp3) is 0.429. The minimum Gasteiger partial charge on any atom is -0.508 e. The van der Waals surface area contributed by atoms with Gasteiger partial charge in [-0.3, -0.25) is 9.59 Å². The molecule has 0 unspecified atom stereocenters. The number of aryl methyl sites for hydroxylation is 1. The van der Waals surface area contributed by atoms with Gasteiger partial charge < -0.3 is 41.6 Å². The van der Waals surface area contributed by atoms with Crippen molar-refractivity contribution in [3.05, 3.63) is 123 Å². The van der Waals surface area contributed by atoms with Gasteiger partial charge in [0.1, 0.15) is 5.75 Å². The minimum atomic E-state index is -0.755. The summed E-state index contributed by atoms with van der Waals surface area (Å²) in [5, 5.41) is 41.5. The van der Waals surface area contributed by atoms with Gasteiger partial charge in [0.25, 0.3) is 0 Å². The summed E-state index contributed by atoms with van der Waals surface area (Å²) in [6, 6.07) is 16.5. The van der Waals surface area contributed by atoms with Crippen molar-refractivity contribution in [2.24, 2.45) is 22.8 Å². The van der Waals surface area contributed by atoms with E-state index in [1.165, 1.54) is 0 Å². The normalized spacial score (nSPS) is 22.2. The number of allylic oxidation sites excluding steroid dienone is 2. The smallest absolute Gasteiger partial charge is 0.165 e. The van der Waals surface area contributed by atoms with Crippen LogP contribution in [0.4, 0.5) is 0 Å². The number of carbonyl (C=O) groups excluding carboxylic acids is 2. The first-order chi connectivity index (χ1) is 29.5. The summed E-state index contributed by atoms with van der Waals surface area (Å²) in [6.07, 6.45) is 12.1. The highest BCUT2D eigenvalue weighted by Gasteiger charge is 2.37. The predicted molar refractivity (Wildman–Crippen MR) is 243 cm³/mol. The van der Waals surface area contributed by atoms with E-state index in [-0.39, 0.29) is 48.1 Å². The number of aromatic hydroxyl groups is 2. The Morgan fingerprint density at radius 2 is 1.77 bits per heavy atom. The van der Waals surface area contributed by atoms with E-state index in [4.69, 9.17) is 16.2 Å². The van der Waals surface area contributed by atoms with Crippen molar-refractivity contribution in [1.29, 1.82) is 0 Å². The van der Waals surface area contributed by atoms with Gasteiger partial charge >= 0.3 is 0 Å². The van der Waals surface area contributed by atoms with Crippen LogP contribution in [0.25, 0.3) is 0 Å². The third-order valence-corrected chi connectivity index (χ3v) is 15.0. The Morgan fingerprint density at radius 3 is 2.59 bits per heavy atom. The quantitative estimate of drug-likeness (QED) is 0.0413. The molecule has 12 heteroatoms. The van der Waals surface area contributed by atoms with Crippen LogP contribution >= 0.6 is 21.6 Å². The van der Waals surface area contributed by atoms with Gasteiger partial charge in [-0.1, -0.05) is 76.6 Å². The molecule has 4 atom stereocenters. The Balaban J connectivity index is 1.23. The first-order valence-corrected chi connectivity index (χ1v) is 23.9. The molecule has 0 saturated heterocycles. The van der Waals surface area contributed by atoms with Crippen LogP contribution in [0.3, 0.4) is 0 Å². The molecule has 2 aliphatic carbocycles. The summed E-state index contributed by atoms with van der Waals surface area (Å²) in [4.78, 5) is 30.6. The number of phenolic OH excluding ortho intramolecular Hbond substituents is 2. The molecule has 2 heterocycles. The standard InChI is InChI=1S/C49H57N3O7S2/c50-48(51)40-24-34-4-3-6-43-38(15-20-52-43)46(58)26-41-39(34)25-35(40)30-61-60-29-33-13-18-49(27-33,17-2-1-5-37(55)28-53)19-14-36(54)10-7-31-9-12-45(57)47(23-31)59-21-16-32-8-11-44(56)42(41)22-32/h8-9,11-12,14-15,19-20,22-25,33,37,41,48,52-53,55-57H,1-2,5-7,10,13,16-18,21,26-30,50-51H2/b19-14-/t33-,37-,41+,49-/m0/s1. The molecular formula is C49H57N3O7S2. The lowest BCUT2D eigenvalue weighted by atomic mass is 9.79. The molecule has 0 spiro atoms. The topological polar surface area (TPSA) is 192 Å². The van der Waals surface area contributed by atoms with E-state index < -0.39 is 18.2 Å². The molecule has 1 aromatic heterocycles. The number of aromatic amines is 1. The zero-order chi connectivity index (χ0) is 42.9. The number of carbonyl (C=O) groups is 2. The number of aliphatic hydroxyl groups excluding tert-OH is 2. The Labute approximate surface area is 366 Å². The fourth-order valence-electron chi connectivity index (χ4n) is 9.07. The van der Waals surface area contributed by atoms with Crippen LogP contribution in [-0.4, -0.2) is 62.0 Å². The van der Waals surface area contributed by atoms with E-state index in [0.29, 0.717) is 66.2 Å². The number of benzene rings is 3. The number of Topliss-reactive ketones (excluding diaryl/α,β-unsaturated/α-hetero) is 1. The number of unbranched alkanes of at least 4 members (excludes halogenated alkanes) is 1. The zero-order valence-corrected chi connectivity index (χ0v) is 36.2. The van der Waals surface area contributed by atoms with Crippen molar-refractivity contribution in [2.45, 2.75) is 101 Å². The number of H-pyrrole nitrogens is 1. The molecule has 61 heavy (non-hydrogen) atoms. The maximum Gasteiger partial charge on any atom is 0.165 e. The lowest BCUT2D eigenvalue weighted by Gasteiger charge is -2.26. The number of hydrogen-bond acceptors (Lipinski definition) is 11. The van der Waals surface area contributed by atoms with Gasteiger partial charge in [0.2, 0.25) is 0 Å². The van der Waals surface area contributed by atoms with Gasteiger partial charge in [0.15, 0.2) is 23.1 Å². The number of phenols is 2. The van der Waals surface area contributed by atoms with Crippen molar-refractivity contribution in [3.8, 4) is 29.1 Å². The van der Waals surface area contributed by atoms with E-state index in [2.05, 4.69) is 29.0 Å². The zero-order valence-electron chi connectivity index (χ0n) is 34.5. The Kier molecular flexibility index (Phi) is 15.0. The molecule has 0 radical (unpaired) electrons. The molecule has 3 aromatic carbocycles. The largest absolute Gasteiger partial charge is 0.508 e. The number of aliphatic hydroxyl groups is 2. The van der Waals surface area contributed by atoms with Gasteiger partial charge in [-0.15, -0.1) is 0 Å². The lowest BCUT2D eigenvalue weighted by molar-refractivity contribution is -0.114. The fourth-order valence-corrected chi connectivity index (χ4v) is 11.6. The highest BCUT2D eigenvalue weighted by molar-refractivity contribution is 8.76. The first-order valence-electron chi connectivity index (χ1n) is 21.4. The lowest BCUT2D eigenvalue weighted by Crippen LogP contribution is -2.22. The Morgan fingerprint density at radius 1 is 0.951 bits per heavy atom. The van der Waals surface area contributed by atoms with Gasteiger partial charge in [0, 0.05) is 65.3 Å². The highest BCUT2D eigenvalue weighted by Crippen LogP contribution is 2.49. The summed E-state index contributed by atoms with van der Waals surface area (Å²) in [5.41, 5.74) is 19.7. The van der Waals surface area contributed by atoms with Crippen LogP contribution in [0, 0.1) is 23.2 Å². The van der Waals surface area contributed by atoms with Crippen LogP contribution in [0.2, 0.25) is 0 Å². The maximum atomic E-state index is 14.1. The van der Waals surface area contributed by atoms with Gasteiger partial charge in [-0.05, 0) is 114 Å². The summed E-state index contributed by atoms with van der Waals surface area (Å²) in [7, 11) is 3.56. The number of fused-ring (bicyclic) bond motifs is 9. The SMILES string of the molecule is NC(N)c1cc2c3cc1CSSC[C@H]1CC[C@@](CCCC[C@H](O)CO)(/C=C\C(=O)CCc4ccc(O)c(c4)OCCc4ccc(O)c(c4)[C@@H]3CC(=O)c3cc[nH]c3CC#C2)C1. The average Bonchev–Trinajstić information content (AvgIpc) is 3.90. The first kappa shape index (κ1) is 44.6.